The van der Waals surface area contributed by atoms with Crippen LogP contribution >= 0.6 is 0 Å². The molecule has 16 heavy (non-hydrogen) atoms. The zero-order valence-corrected chi connectivity index (χ0v) is 8.33. The molecule has 1 aromatic carbocycles. The number of aromatic nitrogens is 1. The Morgan fingerprint density at radius 3 is 1.81 bits per heavy atom. The van der Waals surface area contributed by atoms with Gasteiger partial charge < -0.3 is 20.4 Å². The highest BCUT2D eigenvalue weighted by Crippen LogP contribution is 2.45. The topological polar surface area (TPSA) is 85.9 Å². The summed E-state index contributed by atoms with van der Waals surface area (Å²) in [5.41, 5.74) is 0.822. The van der Waals surface area contributed by atoms with Crippen molar-refractivity contribution in [3.63, 3.8) is 0 Å². The van der Waals surface area contributed by atoms with E-state index in [9.17, 15) is 20.4 Å². The van der Waals surface area contributed by atoms with Crippen LogP contribution in [0.15, 0.2) is 30.3 Å². The van der Waals surface area contributed by atoms with E-state index in [2.05, 4.69) is 0 Å². The third-order valence-electron chi connectivity index (χ3n) is 2.34. The molecule has 2 aromatic rings. The molecule has 1 heterocycles. The van der Waals surface area contributed by atoms with Crippen LogP contribution in [0.4, 0.5) is 0 Å². The third-order valence-corrected chi connectivity index (χ3v) is 2.34. The van der Waals surface area contributed by atoms with Crippen molar-refractivity contribution < 1.29 is 20.4 Å². The molecule has 0 amide bonds. The Balaban J connectivity index is 2.39. The van der Waals surface area contributed by atoms with Crippen LogP contribution in [0, 0.1) is 0 Å². The summed E-state index contributed by atoms with van der Waals surface area (Å²) in [5.74, 6) is -2.54. The second-order valence-corrected chi connectivity index (χ2v) is 3.42. The summed E-state index contributed by atoms with van der Waals surface area (Å²) in [7, 11) is 0. The minimum absolute atomic E-state index is 0.159. The van der Waals surface area contributed by atoms with Gasteiger partial charge in [0.1, 0.15) is 0 Å². The van der Waals surface area contributed by atoms with Crippen molar-refractivity contribution >= 4 is 0 Å². The van der Waals surface area contributed by atoms with Gasteiger partial charge in [0.2, 0.25) is 23.3 Å². The van der Waals surface area contributed by atoms with Gasteiger partial charge in [0, 0.05) is 0 Å². The molecule has 0 fully saturated rings. The Morgan fingerprint density at radius 2 is 1.31 bits per heavy atom. The normalized spacial score (nSPS) is 10.5. The van der Waals surface area contributed by atoms with Crippen molar-refractivity contribution in [3.05, 3.63) is 35.9 Å². The van der Waals surface area contributed by atoms with Gasteiger partial charge in [-0.2, -0.15) is 0 Å². The van der Waals surface area contributed by atoms with Crippen molar-refractivity contribution in [1.82, 2.24) is 4.57 Å². The van der Waals surface area contributed by atoms with Crippen molar-refractivity contribution in [2.45, 2.75) is 6.54 Å². The highest BCUT2D eigenvalue weighted by molar-refractivity contribution is 5.54. The summed E-state index contributed by atoms with van der Waals surface area (Å²) in [6, 6.07) is 9.06. The van der Waals surface area contributed by atoms with E-state index >= 15 is 0 Å². The van der Waals surface area contributed by atoms with E-state index in [1.165, 1.54) is 0 Å². The highest BCUT2D eigenvalue weighted by Gasteiger charge is 2.21. The number of hydrogen-bond donors (Lipinski definition) is 4. The first-order valence-corrected chi connectivity index (χ1v) is 4.67. The second kappa shape index (κ2) is 3.69. The molecule has 0 unspecified atom stereocenters. The molecule has 0 bridgehead atoms. The zero-order chi connectivity index (χ0) is 11.7. The molecule has 2 rings (SSSR count). The summed E-state index contributed by atoms with van der Waals surface area (Å²) in [6.45, 7) is 0.159. The molecule has 0 saturated carbocycles. The Bertz CT molecular complexity index is 479. The van der Waals surface area contributed by atoms with Gasteiger partial charge in [-0.25, -0.2) is 0 Å². The van der Waals surface area contributed by atoms with Gasteiger partial charge >= 0.3 is 0 Å². The van der Waals surface area contributed by atoms with Gasteiger partial charge in [-0.1, -0.05) is 30.3 Å². The molecule has 0 aliphatic heterocycles. The van der Waals surface area contributed by atoms with E-state index in [1.807, 2.05) is 18.2 Å². The molecule has 0 saturated heterocycles. The van der Waals surface area contributed by atoms with Gasteiger partial charge in [0.25, 0.3) is 0 Å². The zero-order valence-electron chi connectivity index (χ0n) is 8.33. The predicted molar refractivity (Wildman–Crippen MR) is 56.6 cm³/mol. The molecular weight excluding hydrogens is 210 g/mol. The first-order valence-electron chi connectivity index (χ1n) is 4.67. The lowest BCUT2D eigenvalue weighted by Gasteiger charge is -2.05. The van der Waals surface area contributed by atoms with Crippen LogP contribution in [-0.4, -0.2) is 25.0 Å². The number of nitrogens with zero attached hydrogens (tertiary/aromatic N) is 1. The molecule has 4 N–H and O–H groups in total. The van der Waals surface area contributed by atoms with Crippen LogP contribution in [0.1, 0.15) is 5.56 Å². The quantitative estimate of drug-likeness (QED) is 0.616. The average molecular weight is 221 g/mol. The SMILES string of the molecule is Oc1c(O)c(O)n(Cc2ccccc2)c1O. The van der Waals surface area contributed by atoms with Crippen LogP contribution < -0.4 is 0 Å². The van der Waals surface area contributed by atoms with Crippen molar-refractivity contribution in [2.75, 3.05) is 0 Å². The van der Waals surface area contributed by atoms with Gasteiger partial charge in [-0.15, -0.1) is 0 Å². The minimum atomic E-state index is -0.714. The maximum Gasteiger partial charge on any atom is 0.241 e. The van der Waals surface area contributed by atoms with E-state index in [0.29, 0.717) is 0 Å². The molecule has 0 aliphatic rings. The number of hydrogen-bond acceptors (Lipinski definition) is 4. The molecule has 5 nitrogen and oxygen atoms in total. The van der Waals surface area contributed by atoms with Gasteiger partial charge in [0.15, 0.2) is 0 Å². The van der Waals surface area contributed by atoms with Crippen LogP contribution in [0.5, 0.6) is 23.3 Å². The van der Waals surface area contributed by atoms with Crippen molar-refractivity contribution in [1.29, 1.82) is 0 Å². The average Bonchev–Trinajstić information content (AvgIpc) is 2.48. The summed E-state index contributed by atoms with van der Waals surface area (Å²) in [5, 5.41) is 37.3. The highest BCUT2D eigenvalue weighted by atomic mass is 16.4. The second-order valence-electron chi connectivity index (χ2n) is 3.42. The maximum absolute atomic E-state index is 9.45. The third kappa shape index (κ3) is 1.52. The summed E-state index contributed by atoms with van der Waals surface area (Å²) >= 11 is 0. The fourth-order valence-electron chi connectivity index (χ4n) is 1.48. The lowest BCUT2D eigenvalue weighted by atomic mass is 10.2. The predicted octanol–water partition coefficient (Wildman–Crippen LogP) is 1.36. The fraction of sp³-hybridized carbons (Fsp3) is 0.0909. The summed E-state index contributed by atoms with van der Waals surface area (Å²) in [6.07, 6.45) is 0. The van der Waals surface area contributed by atoms with E-state index < -0.39 is 23.3 Å². The van der Waals surface area contributed by atoms with E-state index in [1.54, 1.807) is 12.1 Å². The van der Waals surface area contributed by atoms with E-state index in [-0.39, 0.29) is 6.54 Å². The molecule has 5 heteroatoms. The van der Waals surface area contributed by atoms with Crippen LogP contribution in [-0.2, 0) is 6.54 Å². The van der Waals surface area contributed by atoms with Crippen LogP contribution in [0.25, 0.3) is 0 Å². The first-order chi connectivity index (χ1) is 7.61. The fourth-order valence-corrected chi connectivity index (χ4v) is 1.48. The standard InChI is InChI=1S/C11H11NO4/c13-8-9(14)11(16)12(10(8)15)6-7-4-2-1-3-5-7/h1-5,13-16H,6H2. The van der Waals surface area contributed by atoms with Crippen molar-refractivity contribution in [3.8, 4) is 23.3 Å². The Morgan fingerprint density at radius 1 is 0.812 bits per heavy atom. The van der Waals surface area contributed by atoms with Gasteiger partial charge in [-0.05, 0) is 5.56 Å². The molecule has 1 aromatic heterocycles. The van der Waals surface area contributed by atoms with Gasteiger partial charge in [0.05, 0.1) is 6.54 Å². The lowest BCUT2D eigenvalue weighted by Crippen LogP contribution is -1.97. The summed E-state index contributed by atoms with van der Waals surface area (Å²) < 4.78 is 1.01. The molecule has 0 radical (unpaired) electrons. The number of rotatable bonds is 2. The molecule has 84 valence electrons. The number of benzene rings is 1. The van der Waals surface area contributed by atoms with Crippen LogP contribution in [0.3, 0.4) is 0 Å². The minimum Gasteiger partial charge on any atom is -0.500 e. The Kier molecular flexibility index (Phi) is 2.36. The number of aromatic hydroxyl groups is 4. The molecule has 0 spiro atoms. The molecule has 0 atom stereocenters. The van der Waals surface area contributed by atoms with E-state index in [0.717, 1.165) is 10.1 Å². The smallest absolute Gasteiger partial charge is 0.241 e. The first kappa shape index (κ1) is 10.2. The largest absolute Gasteiger partial charge is 0.500 e. The van der Waals surface area contributed by atoms with Crippen molar-refractivity contribution in [2.24, 2.45) is 0 Å². The summed E-state index contributed by atoms with van der Waals surface area (Å²) in [4.78, 5) is 0. The van der Waals surface area contributed by atoms with Gasteiger partial charge in [-0.3, -0.25) is 4.57 Å². The van der Waals surface area contributed by atoms with Crippen LogP contribution in [0.2, 0.25) is 0 Å². The monoisotopic (exact) mass is 221 g/mol. The maximum atomic E-state index is 9.45. The van der Waals surface area contributed by atoms with E-state index in [4.69, 9.17) is 0 Å². The Hall–Kier alpha value is -2.30. The molecule has 0 aliphatic carbocycles. The Labute approximate surface area is 91.4 Å². The molecular formula is C11H11NO4. The lowest BCUT2D eigenvalue weighted by molar-refractivity contribution is 0.358.